The van der Waals surface area contributed by atoms with Crippen LogP contribution >= 0.6 is 0 Å². The van der Waals surface area contributed by atoms with E-state index in [0.717, 1.165) is 11.3 Å². The van der Waals surface area contributed by atoms with Gasteiger partial charge in [-0.05, 0) is 12.5 Å². The first-order valence-corrected chi connectivity index (χ1v) is 6.42. The van der Waals surface area contributed by atoms with Gasteiger partial charge in [-0.25, -0.2) is 0 Å². The molecule has 0 aromatic carbocycles. The van der Waals surface area contributed by atoms with Crippen molar-refractivity contribution in [2.45, 2.75) is 39.0 Å². The van der Waals surface area contributed by atoms with E-state index in [2.05, 4.69) is 5.10 Å². The highest BCUT2D eigenvalue weighted by Crippen LogP contribution is 2.33. The average molecular weight is 262 g/mol. The van der Waals surface area contributed by atoms with Crippen molar-refractivity contribution in [3.05, 3.63) is 28.8 Å². The largest absolute Gasteiger partial charge is 0.511 e. The summed E-state index contributed by atoms with van der Waals surface area (Å²) < 4.78 is 1.69. The molecule has 0 saturated heterocycles. The second-order valence-electron chi connectivity index (χ2n) is 4.97. The van der Waals surface area contributed by atoms with E-state index in [-0.39, 0.29) is 41.7 Å². The molecule has 19 heavy (non-hydrogen) atoms. The molecule has 5 heteroatoms. The fraction of sp³-hybridized carbons (Fsp3) is 0.500. The van der Waals surface area contributed by atoms with Crippen LogP contribution in [0.15, 0.2) is 17.5 Å². The Bertz CT molecular complexity index is 549. The van der Waals surface area contributed by atoms with Crippen molar-refractivity contribution >= 4 is 11.6 Å². The Kier molecular flexibility index (Phi) is 3.55. The van der Waals surface area contributed by atoms with E-state index in [1.165, 1.54) is 0 Å². The van der Waals surface area contributed by atoms with Gasteiger partial charge in [0.25, 0.3) is 0 Å². The van der Waals surface area contributed by atoms with Crippen molar-refractivity contribution in [3.63, 3.8) is 0 Å². The Morgan fingerprint density at radius 2 is 2.00 bits per heavy atom. The van der Waals surface area contributed by atoms with E-state index in [1.807, 2.05) is 20.2 Å². The topological polar surface area (TPSA) is 72.2 Å². The lowest BCUT2D eigenvalue weighted by Crippen LogP contribution is -2.26. The second-order valence-corrected chi connectivity index (χ2v) is 4.97. The third-order valence-electron chi connectivity index (χ3n) is 3.54. The molecule has 0 atom stereocenters. The summed E-state index contributed by atoms with van der Waals surface area (Å²) in [6, 6.07) is 0. The lowest BCUT2D eigenvalue weighted by atomic mass is 9.79. The Hall–Kier alpha value is -1.91. The van der Waals surface area contributed by atoms with Gasteiger partial charge >= 0.3 is 0 Å². The molecule has 1 N–H and O–H groups in total. The first kappa shape index (κ1) is 13.5. The molecule has 0 radical (unpaired) electrons. The van der Waals surface area contributed by atoms with E-state index in [0.29, 0.717) is 6.42 Å². The predicted octanol–water partition coefficient (Wildman–Crippen LogP) is 1.97. The minimum atomic E-state index is -0.260. The number of allylic oxidation sites excluding steroid dienone is 2. The second kappa shape index (κ2) is 4.99. The van der Waals surface area contributed by atoms with Gasteiger partial charge < -0.3 is 5.11 Å². The molecule has 1 fully saturated rings. The number of aromatic nitrogens is 2. The molecule has 0 unspecified atom stereocenters. The molecule has 0 bridgehead atoms. The Balaban J connectivity index is 2.30. The quantitative estimate of drug-likeness (QED) is 0.502. The molecule has 1 aromatic heterocycles. The minimum Gasteiger partial charge on any atom is -0.511 e. The summed E-state index contributed by atoms with van der Waals surface area (Å²) >= 11 is 0. The molecule has 102 valence electrons. The summed E-state index contributed by atoms with van der Waals surface area (Å²) in [4.78, 5) is 24.1. The highest BCUT2D eigenvalue weighted by Gasteiger charge is 2.34. The Labute approximate surface area is 111 Å². The highest BCUT2D eigenvalue weighted by atomic mass is 16.3. The van der Waals surface area contributed by atoms with Crippen molar-refractivity contribution in [1.82, 2.24) is 9.78 Å². The lowest BCUT2D eigenvalue weighted by molar-refractivity contribution is -0.124. The summed E-state index contributed by atoms with van der Waals surface area (Å²) in [6.07, 6.45) is 2.69. The molecule has 1 saturated carbocycles. The molecular weight excluding hydrogens is 244 g/mol. The zero-order chi connectivity index (χ0) is 14.2. The number of hydrogen-bond acceptors (Lipinski definition) is 4. The first-order chi connectivity index (χ1) is 8.93. The van der Waals surface area contributed by atoms with Gasteiger partial charge in [0.2, 0.25) is 0 Å². The number of rotatable bonds is 2. The lowest BCUT2D eigenvalue weighted by Gasteiger charge is -2.22. The van der Waals surface area contributed by atoms with E-state index in [9.17, 15) is 14.7 Å². The van der Waals surface area contributed by atoms with Crippen LogP contribution in [0.5, 0.6) is 0 Å². The van der Waals surface area contributed by atoms with Crippen molar-refractivity contribution in [2.24, 2.45) is 7.05 Å². The summed E-state index contributed by atoms with van der Waals surface area (Å²) in [7, 11) is 1.82. The number of aryl methyl sites for hydroxylation is 2. The third-order valence-corrected chi connectivity index (χ3v) is 3.54. The van der Waals surface area contributed by atoms with Crippen LogP contribution in [0.2, 0.25) is 0 Å². The first-order valence-electron chi connectivity index (χ1n) is 6.42. The number of aliphatic hydroxyl groups is 1. The molecule has 1 heterocycles. The van der Waals surface area contributed by atoms with Crippen LogP contribution < -0.4 is 0 Å². The van der Waals surface area contributed by atoms with Gasteiger partial charge in [0.15, 0.2) is 11.6 Å². The van der Waals surface area contributed by atoms with Gasteiger partial charge in [0.1, 0.15) is 5.76 Å². The molecule has 2 rings (SSSR count). The number of aliphatic hydroxyl groups excluding tert-OH is 1. The average Bonchev–Trinajstić information content (AvgIpc) is 2.67. The van der Waals surface area contributed by atoms with Crippen LogP contribution in [-0.4, -0.2) is 26.5 Å². The Morgan fingerprint density at radius 1 is 1.42 bits per heavy atom. The maximum atomic E-state index is 12.0. The monoisotopic (exact) mass is 262 g/mol. The van der Waals surface area contributed by atoms with E-state index >= 15 is 0 Å². The number of hydrogen-bond donors (Lipinski definition) is 1. The van der Waals surface area contributed by atoms with Crippen molar-refractivity contribution in [1.29, 1.82) is 0 Å². The minimum absolute atomic E-state index is 0.000272. The van der Waals surface area contributed by atoms with Crippen LogP contribution in [0, 0.1) is 6.92 Å². The summed E-state index contributed by atoms with van der Waals surface area (Å²) in [5.41, 5.74) is 1.79. The van der Waals surface area contributed by atoms with Crippen LogP contribution in [-0.2, 0) is 16.6 Å². The van der Waals surface area contributed by atoms with Gasteiger partial charge in [-0.3, -0.25) is 14.3 Å². The molecule has 5 nitrogen and oxygen atoms in total. The molecule has 1 aromatic rings. The normalized spacial score (nSPS) is 19.9. The van der Waals surface area contributed by atoms with Gasteiger partial charge in [-0.1, -0.05) is 6.92 Å². The fourth-order valence-corrected chi connectivity index (χ4v) is 2.62. The van der Waals surface area contributed by atoms with Gasteiger partial charge in [0, 0.05) is 38.4 Å². The molecule has 1 aliphatic rings. The van der Waals surface area contributed by atoms with Gasteiger partial charge in [-0.2, -0.15) is 5.10 Å². The smallest absolute Gasteiger partial charge is 0.170 e. The Morgan fingerprint density at radius 3 is 2.42 bits per heavy atom. The fourth-order valence-electron chi connectivity index (χ4n) is 2.62. The number of Topliss-reactive ketones (excluding diaryl/α,β-unsaturated/α-hetero) is 2. The maximum absolute atomic E-state index is 12.0. The van der Waals surface area contributed by atoms with Crippen molar-refractivity contribution < 1.29 is 14.7 Å². The third kappa shape index (κ3) is 2.45. The van der Waals surface area contributed by atoms with Gasteiger partial charge in [0.05, 0.1) is 11.3 Å². The number of carbonyl (C=O) groups excluding carboxylic acids is 2. The maximum Gasteiger partial charge on any atom is 0.170 e. The van der Waals surface area contributed by atoms with Crippen LogP contribution in [0.25, 0.3) is 0 Å². The summed E-state index contributed by atoms with van der Waals surface area (Å²) in [5, 5.41) is 13.9. The standard InChI is InChI=1S/C14H18N2O3/c1-4-11(17)14-12(18)5-9(6-13(14)19)10-7-16(3)15-8(10)2/h7,9,17H,4-6H2,1-3H3. The summed E-state index contributed by atoms with van der Waals surface area (Å²) in [6.45, 7) is 3.60. The predicted molar refractivity (Wildman–Crippen MR) is 69.9 cm³/mol. The summed E-state index contributed by atoms with van der Waals surface area (Å²) in [5.74, 6) is -0.730. The molecular formula is C14H18N2O3. The molecule has 0 aliphatic heterocycles. The SMILES string of the molecule is CCC(O)=C1C(=O)CC(c2cn(C)nc2C)CC1=O. The van der Waals surface area contributed by atoms with Crippen molar-refractivity contribution in [2.75, 3.05) is 0 Å². The van der Waals surface area contributed by atoms with Gasteiger partial charge in [-0.15, -0.1) is 0 Å². The van der Waals surface area contributed by atoms with E-state index < -0.39 is 0 Å². The number of nitrogens with zero attached hydrogens (tertiary/aromatic N) is 2. The van der Waals surface area contributed by atoms with E-state index in [1.54, 1.807) is 11.6 Å². The van der Waals surface area contributed by atoms with Crippen LogP contribution in [0.3, 0.4) is 0 Å². The molecule has 1 aliphatic carbocycles. The zero-order valence-electron chi connectivity index (χ0n) is 11.4. The van der Waals surface area contributed by atoms with Crippen molar-refractivity contribution in [3.8, 4) is 0 Å². The number of ketones is 2. The van der Waals surface area contributed by atoms with Crippen LogP contribution in [0.1, 0.15) is 43.4 Å². The van der Waals surface area contributed by atoms with E-state index in [4.69, 9.17) is 0 Å². The van der Waals surface area contributed by atoms with Crippen LogP contribution in [0.4, 0.5) is 0 Å². The highest BCUT2D eigenvalue weighted by molar-refractivity contribution is 6.22. The molecule has 0 spiro atoms. The zero-order valence-corrected chi connectivity index (χ0v) is 11.4. The number of carbonyl (C=O) groups is 2. The molecule has 0 amide bonds.